The predicted molar refractivity (Wildman–Crippen MR) is 100 cm³/mol. The first kappa shape index (κ1) is 18.7. The van der Waals surface area contributed by atoms with Crippen LogP contribution in [0.15, 0.2) is 47.6 Å². The van der Waals surface area contributed by atoms with Crippen LogP contribution in [0.5, 0.6) is 0 Å². The summed E-state index contributed by atoms with van der Waals surface area (Å²) >= 11 is 0. The fourth-order valence-corrected chi connectivity index (χ4v) is 4.05. The Kier molecular flexibility index (Phi) is 5.04. The number of nitrogens with one attached hydrogen (secondary N) is 2. The van der Waals surface area contributed by atoms with Gasteiger partial charge in [-0.25, -0.2) is 13.1 Å². The van der Waals surface area contributed by atoms with Gasteiger partial charge < -0.3 is 15.3 Å². The number of fused-ring (bicyclic) bond motifs is 1. The van der Waals surface area contributed by atoms with Crippen LogP contribution in [0, 0.1) is 0 Å². The van der Waals surface area contributed by atoms with Crippen molar-refractivity contribution in [2.45, 2.75) is 24.2 Å². The fourth-order valence-electron chi connectivity index (χ4n) is 2.96. The van der Waals surface area contributed by atoms with Crippen molar-refractivity contribution in [2.24, 2.45) is 12.8 Å². The predicted octanol–water partition coefficient (Wildman–Crippen LogP) is 1.43. The topological polar surface area (TPSA) is 127 Å². The molecule has 27 heavy (non-hydrogen) atoms. The van der Waals surface area contributed by atoms with Crippen LogP contribution in [0.4, 0.5) is 0 Å². The van der Waals surface area contributed by atoms with Gasteiger partial charge in [0.15, 0.2) is 0 Å². The molecule has 0 saturated heterocycles. The van der Waals surface area contributed by atoms with Gasteiger partial charge in [-0.15, -0.1) is 0 Å². The number of carbonyl (C=O) groups excluding carboxylic acids is 2. The van der Waals surface area contributed by atoms with E-state index >= 15 is 0 Å². The van der Waals surface area contributed by atoms with E-state index in [1.165, 1.54) is 17.8 Å². The van der Waals surface area contributed by atoms with Crippen LogP contribution in [0.2, 0.25) is 0 Å². The molecule has 3 rings (SSSR count). The van der Waals surface area contributed by atoms with Crippen LogP contribution >= 0.6 is 0 Å². The van der Waals surface area contributed by atoms with E-state index < -0.39 is 21.8 Å². The fraction of sp³-hybridized carbons (Fsp3) is 0.222. The number of primary amides is 1. The van der Waals surface area contributed by atoms with Gasteiger partial charge in [-0.1, -0.05) is 18.2 Å². The van der Waals surface area contributed by atoms with Crippen molar-refractivity contribution in [3.63, 3.8) is 0 Å². The third kappa shape index (κ3) is 4.03. The van der Waals surface area contributed by atoms with Gasteiger partial charge in [-0.05, 0) is 30.5 Å². The molecule has 4 N–H and O–H groups in total. The molecule has 0 fully saturated rings. The van der Waals surface area contributed by atoms with E-state index in [9.17, 15) is 18.0 Å². The lowest BCUT2D eigenvalue weighted by Crippen LogP contribution is -2.30. The molecule has 1 aromatic carbocycles. The minimum atomic E-state index is -4.05. The maximum atomic E-state index is 12.3. The Bertz CT molecular complexity index is 1110. The van der Waals surface area contributed by atoms with E-state index in [0.717, 1.165) is 22.5 Å². The number of benzene rings is 1. The highest BCUT2D eigenvalue weighted by atomic mass is 32.2. The molecule has 2 heterocycles. The molecule has 142 valence electrons. The Morgan fingerprint density at radius 2 is 2.00 bits per heavy atom. The molecule has 9 heteroatoms. The summed E-state index contributed by atoms with van der Waals surface area (Å²) in [6.45, 7) is 0. The summed E-state index contributed by atoms with van der Waals surface area (Å²) < 4.78 is 27.9. The molecular weight excluding hydrogens is 368 g/mol. The summed E-state index contributed by atoms with van der Waals surface area (Å²) in [7, 11) is -2.55. The molecule has 0 atom stereocenters. The zero-order valence-electron chi connectivity index (χ0n) is 14.7. The van der Waals surface area contributed by atoms with Crippen LogP contribution in [-0.4, -0.2) is 29.8 Å². The molecule has 0 unspecified atom stereocenters. The van der Waals surface area contributed by atoms with E-state index in [4.69, 9.17) is 5.73 Å². The number of nitrogens with zero attached hydrogens (tertiary/aromatic N) is 1. The van der Waals surface area contributed by atoms with Crippen molar-refractivity contribution in [1.82, 2.24) is 14.3 Å². The Morgan fingerprint density at radius 3 is 2.70 bits per heavy atom. The summed E-state index contributed by atoms with van der Waals surface area (Å²) in [5, 5.41) is 1.09. The van der Waals surface area contributed by atoms with Crippen LogP contribution in [0.3, 0.4) is 0 Å². The Morgan fingerprint density at radius 1 is 1.26 bits per heavy atom. The molecule has 0 spiro atoms. The molecule has 8 nitrogen and oxygen atoms in total. The second-order valence-corrected chi connectivity index (χ2v) is 7.96. The third-order valence-corrected chi connectivity index (χ3v) is 5.66. The number of hydrogen-bond acceptors (Lipinski definition) is 4. The monoisotopic (exact) mass is 388 g/mol. The van der Waals surface area contributed by atoms with Crippen LogP contribution < -0.4 is 10.5 Å². The minimum Gasteiger partial charge on any atom is -0.364 e. The van der Waals surface area contributed by atoms with Crippen molar-refractivity contribution in [3.8, 4) is 0 Å². The highest BCUT2D eigenvalue weighted by molar-refractivity contribution is 7.90. The number of H-pyrrole nitrogens is 1. The van der Waals surface area contributed by atoms with E-state index in [-0.39, 0.29) is 17.0 Å². The highest BCUT2D eigenvalue weighted by Crippen LogP contribution is 2.19. The van der Waals surface area contributed by atoms with Gasteiger partial charge in [0.2, 0.25) is 5.91 Å². The van der Waals surface area contributed by atoms with Gasteiger partial charge in [-0.2, -0.15) is 0 Å². The number of carbonyl (C=O) groups is 2. The number of amides is 2. The van der Waals surface area contributed by atoms with Crippen molar-refractivity contribution in [2.75, 3.05) is 0 Å². The van der Waals surface area contributed by atoms with Gasteiger partial charge in [0.05, 0.1) is 0 Å². The highest BCUT2D eigenvalue weighted by Gasteiger charge is 2.21. The number of aryl methyl sites for hydroxylation is 2. The molecule has 2 amide bonds. The Balaban J connectivity index is 1.60. The summed E-state index contributed by atoms with van der Waals surface area (Å²) in [5.41, 5.74) is 7.32. The summed E-state index contributed by atoms with van der Waals surface area (Å²) in [6, 6.07) is 8.99. The molecule has 3 aromatic rings. The molecular formula is C18H20N4O4S. The number of hydrogen-bond donors (Lipinski definition) is 3. The normalized spacial score (nSPS) is 11.6. The standard InChI is InChI=1S/C18H20N4O4S/c1-22-11-13(9-16(22)18(19)24)27(25,26)21-17(23)8-4-5-12-10-20-15-7-3-2-6-14(12)15/h2-3,6-7,9-11,20H,4-5,8H2,1H3,(H2,19,24)(H,21,23). The van der Waals surface area contributed by atoms with Crippen molar-refractivity contribution < 1.29 is 18.0 Å². The maximum Gasteiger partial charge on any atom is 0.265 e. The van der Waals surface area contributed by atoms with Gasteiger partial charge in [0.1, 0.15) is 10.6 Å². The van der Waals surface area contributed by atoms with Gasteiger partial charge >= 0.3 is 0 Å². The quantitative estimate of drug-likeness (QED) is 0.566. The number of nitrogens with two attached hydrogens (primary N) is 1. The summed E-state index contributed by atoms with van der Waals surface area (Å²) in [4.78, 5) is 26.3. The van der Waals surface area contributed by atoms with Crippen molar-refractivity contribution in [3.05, 3.63) is 54.0 Å². The SMILES string of the molecule is Cn1cc(S(=O)(=O)NC(=O)CCCc2c[nH]c3ccccc23)cc1C(N)=O. The second-order valence-electron chi connectivity index (χ2n) is 6.28. The van der Waals surface area contributed by atoms with Gasteiger partial charge in [0, 0.05) is 36.8 Å². The van der Waals surface area contributed by atoms with E-state index in [2.05, 4.69) is 4.98 Å². The average molecular weight is 388 g/mol. The van der Waals surface area contributed by atoms with E-state index in [1.54, 1.807) is 0 Å². The molecule has 0 saturated carbocycles. The van der Waals surface area contributed by atoms with Crippen LogP contribution in [-0.2, 0) is 28.3 Å². The second kappa shape index (κ2) is 7.28. The van der Waals surface area contributed by atoms with Gasteiger partial charge in [-0.3, -0.25) is 9.59 Å². The van der Waals surface area contributed by atoms with Gasteiger partial charge in [0.25, 0.3) is 15.9 Å². The number of rotatable bonds is 7. The summed E-state index contributed by atoms with van der Waals surface area (Å²) in [6.07, 6.45) is 4.35. The number of aromatic amines is 1. The number of para-hydroxylation sites is 1. The van der Waals surface area contributed by atoms with E-state index in [1.807, 2.05) is 35.2 Å². The van der Waals surface area contributed by atoms with Crippen LogP contribution in [0.25, 0.3) is 10.9 Å². The number of aromatic nitrogens is 2. The number of sulfonamides is 1. The lowest BCUT2D eigenvalue weighted by Gasteiger charge is -2.05. The molecule has 0 aliphatic carbocycles. The third-order valence-electron chi connectivity index (χ3n) is 4.32. The lowest BCUT2D eigenvalue weighted by molar-refractivity contribution is -0.119. The molecule has 0 bridgehead atoms. The summed E-state index contributed by atoms with van der Waals surface area (Å²) in [5.74, 6) is -1.34. The smallest absolute Gasteiger partial charge is 0.265 e. The molecule has 0 radical (unpaired) electrons. The average Bonchev–Trinajstić information content (AvgIpc) is 3.19. The van der Waals surface area contributed by atoms with Crippen molar-refractivity contribution in [1.29, 1.82) is 0 Å². The molecule has 0 aliphatic heterocycles. The Hall–Kier alpha value is -3.07. The zero-order chi connectivity index (χ0) is 19.6. The largest absolute Gasteiger partial charge is 0.364 e. The molecule has 2 aromatic heterocycles. The van der Waals surface area contributed by atoms with Crippen LogP contribution in [0.1, 0.15) is 28.9 Å². The molecule has 0 aliphatic rings. The maximum absolute atomic E-state index is 12.3. The van der Waals surface area contributed by atoms with E-state index in [0.29, 0.717) is 12.8 Å². The first-order valence-corrected chi connectivity index (χ1v) is 9.83. The lowest BCUT2D eigenvalue weighted by atomic mass is 10.1. The first-order chi connectivity index (χ1) is 12.8. The Labute approximate surface area is 156 Å². The minimum absolute atomic E-state index is 0.0437. The van der Waals surface area contributed by atoms with Crippen molar-refractivity contribution >= 4 is 32.7 Å². The first-order valence-electron chi connectivity index (χ1n) is 8.35. The zero-order valence-corrected chi connectivity index (χ0v) is 15.5.